The van der Waals surface area contributed by atoms with E-state index >= 15 is 0 Å². The number of rotatable bonds is 4. The average Bonchev–Trinajstić information content (AvgIpc) is 2.78. The van der Waals surface area contributed by atoms with Crippen LogP contribution in [0, 0.1) is 13.8 Å². The van der Waals surface area contributed by atoms with Gasteiger partial charge >= 0.3 is 0 Å². The van der Waals surface area contributed by atoms with E-state index in [0.29, 0.717) is 11.1 Å². The molecule has 90 valence electrons. The number of nitrogens with zero attached hydrogens (tertiary/aromatic N) is 2. The third-order valence-corrected chi connectivity index (χ3v) is 3.35. The second-order valence-corrected chi connectivity index (χ2v) is 4.81. The lowest BCUT2D eigenvalue weighted by atomic mass is 10.1. The van der Waals surface area contributed by atoms with Gasteiger partial charge in [-0.05, 0) is 25.0 Å². The fraction of sp³-hybridized carbons (Fsp3) is 0.333. The molecule has 1 aromatic heterocycles. The first-order chi connectivity index (χ1) is 8.19. The summed E-state index contributed by atoms with van der Waals surface area (Å²) in [6.45, 7) is 4.48. The molecule has 1 heterocycles. The number of aryl methyl sites for hydroxylation is 2. The third kappa shape index (κ3) is 3.08. The van der Waals surface area contributed by atoms with Crippen LogP contribution in [-0.4, -0.2) is 10.2 Å². The minimum absolute atomic E-state index is 0.289. The van der Waals surface area contributed by atoms with Gasteiger partial charge in [0.1, 0.15) is 0 Å². The second-order valence-electron chi connectivity index (χ2n) is 3.88. The Bertz CT molecular complexity index is 510. The van der Waals surface area contributed by atoms with Crippen molar-refractivity contribution in [3.8, 4) is 0 Å². The van der Waals surface area contributed by atoms with Crippen molar-refractivity contribution in [1.82, 2.24) is 10.2 Å². The summed E-state index contributed by atoms with van der Waals surface area (Å²) in [5.74, 6) is 1.31. The van der Waals surface area contributed by atoms with Gasteiger partial charge in [0.05, 0.1) is 6.54 Å². The number of thioether (sulfide) groups is 1. The predicted octanol–water partition coefficient (Wildman–Crippen LogP) is 2.44. The number of nitrogens with two attached hydrogens (primary N) is 1. The first kappa shape index (κ1) is 12.1. The van der Waals surface area contributed by atoms with Crippen LogP contribution < -0.4 is 5.73 Å². The third-order valence-electron chi connectivity index (χ3n) is 2.48. The summed E-state index contributed by atoms with van der Waals surface area (Å²) in [6, 6.07) is 6.43. The van der Waals surface area contributed by atoms with Crippen LogP contribution in [-0.2, 0) is 12.3 Å². The Balaban J connectivity index is 2.04. The number of benzene rings is 1. The van der Waals surface area contributed by atoms with Crippen LogP contribution in [0.1, 0.15) is 22.6 Å². The molecule has 17 heavy (non-hydrogen) atoms. The van der Waals surface area contributed by atoms with Crippen LogP contribution in [0.5, 0.6) is 0 Å². The van der Waals surface area contributed by atoms with E-state index in [1.807, 2.05) is 0 Å². The molecule has 0 aliphatic heterocycles. The highest BCUT2D eigenvalue weighted by Gasteiger charge is 2.06. The van der Waals surface area contributed by atoms with E-state index in [1.165, 1.54) is 28.5 Å². The van der Waals surface area contributed by atoms with E-state index < -0.39 is 0 Å². The highest BCUT2D eigenvalue weighted by molar-refractivity contribution is 7.98. The lowest BCUT2D eigenvalue weighted by Crippen LogP contribution is -1.95. The van der Waals surface area contributed by atoms with Crippen molar-refractivity contribution in [2.24, 2.45) is 5.73 Å². The minimum atomic E-state index is 0.289. The summed E-state index contributed by atoms with van der Waals surface area (Å²) in [6.07, 6.45) is 0. The molecule has 0 aliphatic carbocycles. The van der Waals surface area contributed by atoms with Gasteiger partial charge < -0.3 is 10.2 Å². The molecule has 2 N–H and O–H groups in total. The van der Waals surface area contributed by atoms with Crippen LogP contribution in [0.2, 0.25) is 0 Å². The van der Waals surface area contributed by atoms with Crippen LogP contribution in [0.3, 0.4) is 0 Å². The summed E-state index contributed by atoms with van der Waals surface area (Å²) >= 11 is 1.54. The van der Waals surface area contributed by atoms with Gasteiger partial charge in [0.15, 0.2) is 0 Å². The number of hydrogen-bond donors (Lipinski definition) is 1. The SMILES string of the molecule is Cc1ccc(C)c(CSc2nnc(CN)o2)c1. The van der Waals surface area contributed by atoms with E-state index in [9.17, 15) is 0 Å². The van der Waals surface area contributed by atoms with E-state index in [2.05, 4.69) is 42.2 Å². The van der Waals surface area contributed by atoms with Gasteiger partial charge in [-0.3, -0.25) is 0 Å². The summed E-state index contributed by atoms with van der Waals surface area (Å²) < 4.78 is 5.34. The zero-order chi connectivity index (χ0) is 12.3. The smallest absolute Gasteiger partial charge is 0.276 e. The molecule has 0 unspecified atom stereocenters. The first-order valence-electron chi connectivity index (χ1n) is 5.40. The molecule has 5 heteroatoms. The molecule has 0 spiro atoms. The van der Waals surface area contributed by atoms with Crippen LogP contribution in [0.4, 0.5) is 0 Å². The van der Waals surface area contributed by atoms with E-state index in [0.717, 1.165) is 5.75 Å². The van der Waals surface area contributed by atoms with Crippen molar-refractivity contribution < 1.29 is 4.42 Å². The topological polar surface area (TPSA) is 64.9 Å². The van der Waals surface area contributed by atoms with Gasteiger partial charge in [-0.2, -0.15) is 0 Å². The Kier molecular flexibility index (Phi) is 3.81. The van der Waals surface area contributed by atoms with Crippen molar-refractivity contribution in [2.75, 3.05) is 0 Å². The Morgan fingerprint density at radius 1 is 1.29 bits per heavy atom. The van der Waals surface area contributed by atoms with Gasteiger partial charge in [-0.15, -0.1) is 10.2 Å². The molecule has 0 bridgehead atoms. The van der Waals surface area contributed by atoms with E-state index in [4.69, 9.17) is 10.2 Å². The van der Waals surface area contributed by atoms with Crippen molar-refractivity contribution in [2.45, 2.75) is 31.4 Å². The minimum Gasteiger partial charge on any atom is -0.415 e. The molecule has 4 nitrogen and oxygen atoms in total. The molecule has 0 fully saturated rings. The van der Waals surface area contributed by atoms with Crippen molar-refractivity contribution in [3.05, 3.63) is 40.8 Å². The normalized spacial score (nSPS) is 10.8. The van der Waals surface area contributed by atoms with Crippen LogP contribution in [0.25, 0.3) is 0 Å². The highest BCUT2D eigenvalue weighted by atomic mass is 32.2. The van der Waals surface area contributed by atoms with Crippen LogP contribution >= 0.6 is 11.8 Å². The Morgan fingerprint density at radius 2 is 2.12 bits per heavy atom. The summed E-state index contributed by atoms with van der Waals surface area (Å²) in [4.78, 5) is 0. The number of aromatic nitrogens is 2. The maximum absolute atomic E-state index is 5.41. The lowest BCUT2D eigenvalue weighted by Gasteiger charge is -2.04. The lowest BCUT2D eigenvalue weighted by molar-refractivity contribution is 0.415. The molecule has 0 radical (unpaired) electrons. The Morgan fingerprint density at radius 3 is 2.82 bits per heavy atom. The largest absolute Gasteiger partial charge is 0.415 e. The molecule has 0 saturated heterocycles. The summed E-state index contributed by atoms with van der Waals surface area (Å²) in [5.41, 5.74) is 9.25. The molecule has 0 saturated carbocycles. The van der Waals surface area contributed by atoms with Gasteiger partial charge in [-0.25, -0.2) is 0 Å². The molecule has 0 amide bonds. The Labute approximate surface area is 105 Å². The van der Waals surface area contributed by atoms with E-state index in [1.54, 1.807) is 0 Å². The zero-order valence-electron chi connectivity index (χ0n) is 9.93. The van der Waals surface area contributed by atoms with Crippen molar-refractivity contribution >= 4 is 11.8 Å². The standard InChI is InChI=1S/C12H15N3OS/c1-8-3-4-9(2)10(5-8)7-17-12-15-14-11(6-13)16-12/h3-5H,6-7,13H2,1-2H3. The maximum Gasteiger partial charge on any atom is 0.276 e. The van der Waals surface area contributed by atoms with Crippen molar-refractivity contribution in [3.63, 3.8) is 0 Å². The molecule has 2 rings (SSSR count). The molecule has 2 aromatic rings. The quantitative estimate of drug-likeness (QED) is 0.843. The predicted molar refractivity (Wildman–Crippen MR) is 67.7 cm³/mol. The van der Waals surface area contributed by atoms with E-state index in [-0.39, 0.29) is 6.54 Å². The fourth-order valence-electron chi connectivity index (χ4n) is 1.47. The maximum atomic E-state index is 5.41. The average molecular weight is 249 g/mol. The summed E-state index contributed by atoms with van der Waals surface area (Å²) in [5, 5.41) is 8.32. The molecular formula is C12H15N3OS. The van der Waals surface area contributed by atoms with Gasteiger partial charge in [-0.1, -0.05) is 35.5 Å². The number of hydrogen-bond acceptors (Lipinski definition) is 5. The summed E-state index contributed by atoms with van der Waals surface area (Å²) in [7, 11) is 0. The first-order valence-corrected chi connectivity index (χ1v) is 6.39. The second kappa shape index (κ2) is 5.33. The zero-order valence-corrected chi connectivity index (χ0v) is 10.8. The van der Waals surface area contributed by atoms with Gasteiger partial charge in [0, 0.05) is 5.75 Å². The monoisotopic (exact) mass is 249 g/mol. The highest BCUT2D eigenvalue weighted by Crippen LogP contribution is 2.23. The molecule has 0 atom stereocenters. The van der Waals surface area contributed by atoms with Gasteiger partial charge in [0.25, 0.3) is 5.22 Å². The molecule has 1 aromatic carbocycles. The van der Waals surface area contributed by atoms with Gasteiger partial charge in [0.2, 0.25) is 5.89 Å². The van der Waals surface area contributed by atoms with Crippen molar-refractivity contribution in [1.29, 1.82) is 0 Å². The molecular weight excluding hydrogens is 234 g/mol. The fourth-order valence-corrected chi connectivity index (χ4v) is 2.32. The molecule has 0 aliphatic rings. The van der Waals surface area contributed by atoms with Crippen LogP contribution in [0.15, 0.2) is 27.8 Å². The Hall–Kier alpha value is -1.33.